The van der Waals surface area contributed by atoms with Crippen LogP contribution < -0.4 is 5.32 Å². The van der Waals surface area contributed by atoms with E-state index in [4.69, 9.17) is 0 Å². The summed E-state index contributed by atoms with van der Waals surface area (Å²) in [7, 11) is 1.91. The summed E-state index contributed by atoms with van der Waals surface area (Å²) in [6.45, 7) is 6.20. The molecule has 0 fully saturated rings. The van der Waals surface area contributed by atoms with Gasteiger partial charge < -0.3 is 5.32 Å². The lowest BCUT2D eigenvalue weighted by molar-refractivity contribution is 0.620. The van der Waals surface area contributed by atoms with Crippen LogP contribution in [0.1, 0.15) is 47.6 Å². The summed E-state index contributed by atoms with van der Waals surface area (Å²) in [5.41, 5.74) is 3.13. The van der Waals surface area contributed by atoms with E-state index in [0.717, 1.165) is 21.8 Å². The van der Waals surface area contributed by atoms with Gasteiger partial charge >= 0.3 is 0 Å². The van der Waals surface area contributed by atoms with Crippen LogP contribution in [-0.2, 0) is 0 Å². The van der Waals surface area contributed by atoms with Crippen molar-refractivity contribution in [3.8, 4) is 0 Å². The second-order valence-corrected chi connectivity index (χ2v) is 5.88. The molecule has 4 heteroatoms. The number of rotatable bonds is 4. The maximum Gasteiger partial charge on any atom is 0.123 e. The Bertz CT molecular complexity index is 563. The van der Waals surface area contributed by atoms with Crippen molar-refractivity contribution in [2.75, 3.05) is 7.05 Å². The van der Waals surface area contributed by atoms with Gasteiger partial charge in [-0.1, -0.05) is 19.9 Å². The minimum absolute atomic E-state index is 0.0260. The molecule has 1 aromatic heterocycles. The highest BCUT2D eigenvalue weighted by molar-refractivity contribution is 7.09. The zero-order valence-corrected chi connectivity index (χ0v) is 12.5. The molecule has 0 spiro atoms. The second-order valence-electron chi connectivity index (χ2n) is 4.99. The zero-order valence-electron chi connectivity index (χ0n) is 11.7. The van der Waals surface area contributed by atoms with Crippen LogP contribution in [0.2, 0.25) is 0 Å². The van der Waals surface area contributed by atoms with E-state index in [0.29, 0.717) is 5.92 Å². The minimum atomic E-state index is -0.196. The highest BCUT2D eigenvalue weighted by Gasteiger charge is 2.18. The van der Waals surface area contributed by atoms with Crippen LogP contribution in [0.5, 0.6) is 0 Å². The quantitative estimate of drug-likeness (QED) is 0.913. The summed E-state index contributed by atoms with van der Waals surface area (Å²) >= 11 is 1.65. The molecule has 0 aliphatic carbocycles. The molecule has 2 aromatic rings. The fourth-order valence-electron chi connectivity index (χ4n) is 2.07. The fraction of sp³-hybridized carbons (Fsp3) is 0.400. The van der Waals surface area contributed by atoms with Gasteiger partial charge in [-0.2, -0.15) is 0 Å². The summed E-state index contributed by atoms with van der Waals surface area (Å²) in [4.78, 5) is 4.68. The van der Waals surface area contributed by atoms with E-state index >= 15 is 0 Å². The van der Waals surface area contributed by atoms with E-state index in [1.165, 1.54) is 6.07 Å². The van der Waals surface area contributed by atoms with Crippen LogP contribution in [0.15, 0.2) is 23.6 Å². The van der Waals surface area contributed by atoms with Gasteiger partial charge in [0.1, 0.15) is 10.8 Å². The second kappa shape index (κ2) is 5.80. The van der Waals surface area contributed by atoms with Crippen LogP contribution in [0.3, 0.4) is 0 Å². The van der Waals surface area contributed by atoms with Crippen LogP contribution in [0.4, 0.5) is 4.39 Å². The minimum Gasteiger partial charge on any atom is -0.307 e. The molecule has 0 amide bonds. The van der Waals surface area contributed by atoms with E-state index in [1.807, 2.05) is 20.0 Å². The molecule has 0 aliphatic rings. The first-order chi connectivity index (χ1) is 9.02. The van der Waals surface area contributed by atoms with Gasteiger partial charge in [-0.05, 0) is 43.1 Å². The number of aryl methyl sites for hydroxylation is 1. The van der Waals surface area contributed by atoms with Gasteiger partial charge in [0, 0.05) is 5.38 Å². The Balaban J connectivity index is 2.38. The van der Waals surface area contributed by atoms with Gasteiger partial charge in [0.2, 0.25) is 0 Å². The largest absolute Gasteiger partial charge is 0.307 e. The molecule has 19 heavy (non-hydrogen) atoms. The lowest BCUT2D eigenvalue weighted by atomic mass is 10.0. The molecule has 1 atom stereocenters. The molecule has 2 nitrogen and oxygen atoms in total. The van der Waals surface area contributed by atoms with Crippen molar-refractivity contribution in [1.82, 2.24) is 10.3 Å². The maximum absolute atomic E-state index is 13.2. The van der Waals surface area contributed by atoms with E-state index in [2.05, 4.69) is 29.5 Å². The number of thiazole rings is 1. The molecule has 1 N–H and O–H groups in total. The predicted molar refractivity (Wildman–Crippen MR) is 78.2 cm³/mol. The topological polar surface area (TPSA) is 24.9 Å². The normalized spacial score (nSPS) is 12.9. The van der Waals surface area contributed by atoms with Crippen molar-refractivity contribution >= 4 is 11.3 Å². The molecule has 102 valence electrons. The Kier molecular flexibility index (Phi) is 4.32. The molecule has 0 bridgehead atoms. The van der Waals surface area contributed by atoms with Crippen LogP contribution in [-0.4, -0.2) is 12.0 Å². The summed E-state index contributed by atoms with van der Waals surface area (Å²) in [5, 5.41) is 6.40. The lowest BCUT2D eigenvalue weighted by Gasteiger charge is -2.16. The van der Waals surface area contributed by atoms with Crippen molar-refractivity contribution in [2.24, 2.45) is 0 Å². The van der Waals surface area contributed by atoms with Crippen molar-refractivity contribution < 1.29 is 4.39 Å². The van der Waals surface area contributed by atoms with Gasteiger partial charge in [-0.25, -0.2) is 9.37 Å². The van der Waals surface area contributed by atoms with Crippen molar-refractivity contribution in [3.63, 3.8) is 0 Å². The Morgan fingerprint density at radius 1 is 1.32 bits per heavy atom. The third kappa shape index (κ3) is 3.01. The van der Waals surface area contributed by atoms with E-state index < -0.39 is 0 Å². The van der Waals surface area contributed by atoms with E-state index in [9.17, 15) is 4.39 Å². The standard InChI is InChI=1S/C15H19FN2S/c1-9(2)13-8-19-15(18-13)14(17-4)12-6-5-11(16)7-10(12)3/h5-9,14,17H,1-4H3. The molecule has 2 rings (SSSR count). The number of hydrogen-bond acceptors (Lipinski definition) is 3. The smallest absolute Gasteiger partial charge is 0.123 e. The van der Waals surface area contributed by atoms with E-state index in [-0.39, 0.29) is 11.9 Å². The molecule has 0 aliphatic heterocycles. The summed E-state index contributed by atoms with van der Waals surface area (Å²) in [6, 6.07) is 4.93. The summed E-state index contributed by atoms with van der Waals surface area (Å²) in [6.07, 6.45) is 0. The molecular formula is C15H19FN2S. The number of hydrogen-bond donors (Lipinski definition) is 1. The van der Waals surface area contributed by atoms with Gasteiger partial charge in [0.15, 0.2) is 0 Å². The number of nitrogens with zero attached hydrogens (tertiary/aromatic N) is 1. The van der Waals surface area contributed by atoms with Gasteiger partial charge in [-0.15, -0.1) is 11.3 Å². The molecule has 0 saturated carbocycles. The number of halogens is 1. The molecule has 0 saturated heterocycles. The molecule has 1 aromatic carbocycles. The first-order valence-corrected chi connectivity index (χ1v) is 7.29. The fourth-order valence-corrected chi connectivity index (χ4v) is 3.18. The van der Waals surface area contributed by atoms with Crippen LogP contribution >= 0.6 is 11.3 Å². The first-order valence-electron chi connectivity index (χ1n) is 6.41. The van der Waals surface area contributed by atoms with Gasteiger partial charge in [0.05, 0.1) is 11.7 Å². The molecule has 1 heterocycles. The Morgan fingerprint density at radius 2 is 2.05 bits per heavy atom. The monoisotopic (exact) mass is 278 g/mol. The first kappa shape index (κ1) is 14.2. The van der Waals surface area contributed by atoms with Gasteiger partial charge in [0.25, 0.3) is 0 Å². The van der Waals surface area contributed by atoms with Crippen LogP contribution in [0.25, 0.3) is 0 Å². The van der Waals surface area contributed by atoms with E-state index in [1.54, 1.807) is 17.4 Å². The predicted octanol–water partition coefficient (Wildman–Crippen LogP) is 4.02. The van der Waals surface area contributed by atoms with Crippen molar-refractivity contribution in [2.45, 2.75) is 32.7 Å². The molecule has 0 radical (unpaired) electrons. The molecule has 1 unspecified atom stereocenters. The zero-order chi connectivity index (χ0) is 14.0. The summed E-state index contributed by atoms with van der Waals surface area (Å²) in [5.74, 6) is 0.231. The lowest BCUT2D eigenvalue weighted by Crippen LogP contribution is -2.18. The SMILES string of the molecule is CNC(c1nc(C(C)C)cs1)c1ccc(F)cc1C. The Labute approximate surface area is 117 Å². The highest BCUT2D eigenvalue weighted by Crippen LogP contribution is 2.29. The van der Waals surface area contributed by atoms with Crippen molar-refractivity contribution in [3.05, 3.63) is 51.2 Å². The van der Waals surface area contributed by atoms with Crippen molar-refractivity contribution in [1.29, 1.82) is 0 Å². The third-order valence-electron chi connectivity index (χ3n) is 3.21. The Morgan fingerprint density at radius 3 is 2.58 bits per heavy atom. The summed E-state index contributed by atoms with van der Waals surface area (Å²) < 4.78 is 13.2. The number of aromatic nitrogens is 1. The number of nitrogens with one attached hydrogen (secondary N) is 1. The Hall–Kier alpha value is -1.26. The third-order valence-corrected chi connectivity index (χ3v) is 4.14. The maximum atomic E-state index is 13.2. The average Bonchev–Trinajstić information content (AvgIpc) is 2.82. The molecular weight excluding hydrogens is 259 g/mol. The average molecular weight is 278 g/mol. The van der Waals surface area contributed by atoms with Gasteiger partial charge in [-0.3, -0.25) is 0 Å². The van der Waals surface area contributed by atoms with Crippen LogP contribution in [0, 0.1) is 12.7 Å². The highest BCUT2D eigenvalue weighted by atomic mass is 32.1. The number of benzene rings is 1.